The lowest BCUT2D eigenvalue weighted by Gasteiger charge is -2.16. The van der Waals surface area contributed by atoms with Crippen molar-refractivity contribution >= 4 is 23.3 Å². The zero-order valence-electron chi connectivity index (χ0n) is 13.6. The maximum atomic E-state index is 12.3. The number of hydrogen-bond donors (Lipinski definition) is 2. The fraction of sp³-hybridized carbons (Fsp3) is 0.105. The van der Waals surface area contributed by atoms with E-state index < -0.39 is 0 Å². The molecule has 0 saturated heterocycles. The number of carbonyl (C=O) groups excluding carboxylic acids is 1. The molecular weight excluding hydrogens is 350 g/mol. The molecule has 2 heterocycles. The van der Waals surface area contributed by atoms with E-state index in [-0.39, 0.29) is 12.1 Å². The Kier molecular flexibility index (Phi) is 4.07. The van der Waals surface area contributed by atoms with Gasteiger partial charge in [0.1, 0.15) is 0 Å². The number of aromatic nitrogens is 2. The van der Waals surface area contributed by atoms with Gasteiger partial charge in [0, 0.05) is 12.1 Å². The minimum atomic E-state index is -0.359. The van der Waals surface area contributed by atoms with Gasteiger partial charge in [0.25, 0.3) is 0 Å². The molecule has 1 atom stereocenters. The van der Waals surface area contributed by atoms with Crippen LogP contribution >= 0.6 is 11.6 Å². The van der Waals surface area contributed by atoms with Crippen molar-refractivity contribution in [2.24, 2.45) is 0 Å². The Bertz CT molecular complexity index is 1040. The Hall–Kier alpha value is -3.30. The second-order valence-electron chi connectivity index (χ2n) is 5.93. The Labute approximate surface area is 155 Å². The van der Waals surface area contributed by atoms with Gasteiger partial charge < -0.3 is 15.2 Å². The number of nitrogens with zero attached hydrogens (tertiary/aromatic N) is 3. The molecule has 26 heavy (non-hydrogen) atoms. The fourth-order valence-corrected chi connectivity index (χ4v) is 3.41. The predicted molar refractivity (Wildman–Crippen MR) is 99.0 cm³/mol. The highest BCUT2D eigenvalue weighted by atomic mass is 35.5. The molecule has 1 aliphatic rings. The summed E-state index contributed by atoms with van der Waals surface area (Å²) in [4.78, 5) is 16.5. The first kappa shape index (κ1) is 16.2. The molecule has 3 aromatic rings. The van der Waals surface area contributed by atoms with Crippen LogP contribution in [0.2, 0.25) is 5.02 Å². The van der Waals surface area contributed by atoms with Crippen LogP contribution in [0.25, 0.3) is 11.3 Å². The Morgan fingerprint density at radius 3 is 2.96 bits per heavy atom. The van der Waals surface area contributed by atoms with Crippen molar-refractivity contribution in [3.8, 4) is 17.3 Å². The molecule has 7 heteroatoms. The molecule has 0 radical (unpaired) electrons. The van der Waals surface area contributed by atoms with E-state index in [0.29, 0.717) is 22.8 Å². The van der Waals surface area contributed by atoms with E-state index in [9.17, 15) is 4.79 Å². The Balaban J connectivity index is 1.47. The molecule has 1 aliphatic heterocycles. The lowest BCUT2D eigenvalue weighted by molar-refractivity contribution is 0.251. The zero-order chi connectivity index (χ0) is 18.1. The summed E-state index contributed by atoms with van der Waals surface area (Å²) in [6.07, 6.45) is 3.60. The van der Waals surface area contributed by atoms with Crippen LogP contribution in [0.15, 0.2) is 55.0 Å². The first-order valence-corrected chi connectivity index (χ1v) is 8.41. The van der Waals surface area contributed by atoms with Crippen molar-refractivity contribution < 1.29 is 4.79 Å². The minimum absolute atomic E-state index is 0.00844. The van der Waals surface area contributed by atoms with Gasteiger partial charge in [0.2, 0.25) is 0 Å². The number of halogens is 1. The van der Waals surface area contributed by atoms with E-state index in [4.69, 9.17) is 16.9 Å². The largest absolute Gasteiger partial charge is 0.335 e. The number of hydrogen-bond acceptors (Lipinski definition) is 3. The van der Waals surface area contributed by atoms with Gasteiger partial charge in [-0.1, -0.05) is 35.9 Å². The molecule has 1 unspecified atom stereocenters. The Morgan fingerprint density at radius 2 is 2.15 bits per heavy atom. The van der Waals surface area contributed by atoms with Crippen LogP contribution in [0.5, 0.6) is 0 Å². The SMILES string of the molecule is N#Cc1ccc(NC(=O)NCC2c3ccccc3-c3cncn32)c(Cl)c1. The predicted octanol–water partition coefficient (Wildman–Crippen LogP) is 3.80. The average Bonchev–Trinajstić information content (AvgIpc) is 3.23. The molecule has 0 bridgehead atoms. The number of amides is 2. The molecule has 128 valence electrons. The van der Waals surface area contributed by atoms with E-state index in [2.05, 4.69) is 32.3 Å². The maximum Gasteiger partial charge on any atom is 0.319 e. The Morgan fingerprint density at radius 1 is 1.31 bits per heavy atom. The molecule has 4 rings (SSSR count). The van der Waals surface area contributed by atoms with Crippen molar-refractivity contribution in [2.75, 3.05) is 11.9 Å². The van der Waals surface area contributed by atoms with Crippen molar-refractivity contribution in [1.29, 1.82) is 5.26 Å². The number of rotatable bonds is 3. The number of nitriles is 1. The third kappa shape index (κ3) is 2.79. The van der Waals surface area contributed by atoms with E-state index in [0.717, 1.165) is 16.8 Å². The van der Waals surface area contributed by atoms with E-state index in [1.807, 2.05) is 24.4 Å². The summed E-state index contributed by atoms with van der Waals surface area (Å²) < 4.78 is 2.06. The monoisotopic (exact) mass is 363 g/mol. The van der Waals surface area contributed by atoms with Gasteiger partial charge in [-0.05, 0) is 23.8 Å². The molecule has 2 aromatic carbocycles. The number of carbonyl (C=O) groups is 1. The smallest absolute Gasteiger partial charge is 0.319 e. The third-order valence-corrected chi connectivity index (χ3v) is 4.71. The number of fused-ring (bicyclic) bond motifs is 3. The van der Waals surface area contributed by atoms with Crippen molar-refractivity contribution in [1.82, 2.24) is 14.9 Å². The fourth-order valence-electron chi connectivity index (χ4n) is 3.18. The number of nitrogens with one attached hydrogen (secondary N) is 2. The van der Waals surface area contributed by atoms with Crippen LogP contribution < -0.4 is 10.6 Å². The minimum Gasteiger partial charge on any atom is -0.335 e. The summed E-state index contributed by atoms with van der Waals surface area (Å²) in [7, 11) is 0. The first-order valence-electron chi connectivity index (χ1n) is 8.03. The quantitative estimate of drug-likeness (QED) is 0.742. The van der Waals surface area contributed by atoms with Gasteiger partial charge in [0.05, 0.1) is 46.6 Å². The summed E-state index contributed by atoms with van der Waals surface area (Å²) in [6.45, 7) is 0.417. The maximum absolute atomic E-state index is 12.3. The standard InChI is InChI=1S/C19H14ClN5O/c20-15-7-12(8-21)5-6-16(15)24-19(26)23-10-18-14-4-2-1-3-13(14)17-9-22-11-25(17)18/h1-7,9,11,18H,10H2,(H2,23,24,26). The molecule has 0 aliphatic carbocycles. The molecule has 0 saturated carbocycles. The number of anilines is 1. The molecule has 6 nitrogen and oxygen atoms in total. The van der Waals surface area contributed by atoms with Crippen molar-refractivity contribution in [3.63, 3.8) is 0 Å². The molecule has 2 amide bonds. The molecule has 2 N–H and O–H groups in total. The second-order valence-corrected chi connectivity index (χ2v) is 6.34. The summed E-state index contributed by atoms with van der Waals surface area (Å²) in [5.74, 6) is 0. The van der Waals surface area contributed by atoms with E-state index in [1.54, 1.807) is 18.5 Å². The van der Waals surface area contributed by atoms with E-state index >= 15 is 0 Å². The molecular formula is C19H14ClN5O. The van der Waals surface area contributed by atoms with E-state index in [1.165, 1.54) is 6.07 Å². The summed E-state index contributed by atoms with van der Waals surface area (Å²) >= 11 is 6.09. The van der Waals surface area contributed by atoms with Crippen molar-refractivity contribution in [3.05, 3.63) is 71.1 Å². The molecule has 1 aromatic heterocycles. The first-order chi connectivity index (χ1) is 12.7. The van der Waals surface area contributed by atoms with Gasteiger partial charge in [-0.15, -0.1) is 0 Å². The summed E-state index contributed by atoms with van der Waals surface area (Å²) in [5.41, 5.74) is 4.23. The van der Waals surface area contributed by atoms with Crippen molar-refractivity contribution in [2.45, 2.75) is 6.04 Å². The van der Waals surface area contributed by atoms with Crippen LogP contribution in [-0.2, 0) is 0 Å². The van der Waals surface area contributed by atoms with Gasteiger partial charge in [-0.3, -0.25) is 0 Å². The number of benzene rings is 2. The third-order valence-electron chi connectivity index (χ3n) is 4.40. The number of imidazole rings is 1. The topological polar surface area (TPSA) is 82.7 Å². The molecule has 0 fully saturated rings. The highest BCUT2D eigenvalue weighted by Gasteiger charge is 2.28. The van der Waals surface area contributed by atoms with Crippen LogP contribution in [0.1, 0.15) is 17.2 Å². The highest BCUT2D eigenvalue weighted by Crippen LogP contribution is 2.38. The van der Waals surface area contributed by atoms with Crippen LogP contribution in [0.4, 0.5) is 10.5 Å². The molecule has 0 spiro atoms. The summed E-state index contributed by atoms with van der Waals surface area (Å²) in [5, 5.41) is 14.8. The van der Waals surface area contributed by atoms with Gasteiger partial charge in [0.15, 0.2) is 0 Å². The number of urea groups is 1. The summed E-state index contributed by atoms with van der Waals surface area (Å²) in [6, 6.07) is 14.5. The average molecular weight is 364 g/mol. The van der Waals surface area contributed by atoms with Crippen LogP contribution in [0, 0.1) is 11.3 Å². The lowest BCUT2D eigenvalue weighted by atomic mass is 10.0. The van der Waals surface area contributed by atoms with Gasteiger partial charge in [-0.25, -0.2) is 9.78 Å². The van der Waals surface area contributed by atoms with Crippen LogP contribution in [-0.4, -0.2) is 22.1 Å². The van der Waals surface area contributed by atoms with Gasteiger partial charge in [-0.2, -0.15) is 5.26 Å². The highest BCUT2D eigenvalue weighted by molar-refractivity contribution is 6.33. The second kappa shape index (κ2) is 6.54. The normalized spacial score (nSPS) is 14.2. The lowest BCUT2D eigenvalue weighted by Crippen LogP contribution is -2.33. The van der Waals surface area contributed by atoms with Crippen LogP contribution in [0.3, 0.4) is 0 Å². The zero-order valence-corrected chi connectivity index (χ0v) is 14.4. The van der Waals surface area contributed by atoms with Gasteiger partial charge >= 0.3 is 6.03 Å².